The van der Waals surface area contributed by atoms with Gasteiger partial charge >= 0.3 is 0 Å². The Labute approximate surface area is 192 Å². The molecule has 0 amide bonds. The Bertz CT molecular complexity index is 1300. The van der Waals surface area contributed by atoms with Gasteiger partial charge in [-0.2, -0.15) is 5.10 Å². The molecule has 3 aromatic carbocycles. The Kier molecular flexibility index (Phi) is 6.41. The fourth-order valence-corrected chi connectivity index (χ4v) is 3.77. The number of benzene rings is 3. The van der Waals surface area contributed by atoms with Gasteiger partial charge < -0.3 is 0 Å². The first-order valence-corrected chi connectivity index (χ1v) is 11.0. The molecule has 0 spiro atoms. The first kappa shape index (κ1) is 22.1. The zero-order chi connectivity index (χ0) is 23.4. The van der Waals surface area contributed by atoms with Gasteiger partial charge in [-0.1, -0.05) is 74.5 Å². The van der Waals surface area contributed by atoms with Crippen molar-refractivity contribution in [3.05, 3.63) is 107 Å². The molecule has 4 rings (SSSR count). The summed E-state index contributed by atoms with van der Waals surface area (Å²) in [6.07, 6.45) is 0.644. The number of rotatable bonds is 8. The standard InChI is InChI=1S/C28H24N2O3/c1-3-23(31)19-15-17-22(18-16-19)30-27(20-11-7-5-8-12-20)25(26(29-30)24(32)4-2)28(33)21-13-9-6-10-14-21/h5-18H,3-4H2,1-2H3. The lowest BCUT2D eigenvalue weighted by Gasteiger charge is -2.11. The summed E-state index contributed by atoms with van der Waals surface area (Å²) in [5, 5.41) is 4.63. The number of carbonyl (C=O) groups excluding carboxylic acids is 3. The predicted octanol–water partition coefficient (Wildman–Crippen LogP) is 5.96. The number of aromatic nitrogens is 2. The van der Waals surface area contributed by atoms with Crippen LogP contribution in [0, 0.1) is 0 Å². The zero-order valence-corrected chi connectivity index (χ0v) is 18.6. The lowest BCUT2D eigenvalue weighted by atomic mass is 9.95. The maximum Gasteiger partial charge on any atom is 0.197 e. The highest BCUT2D eigenvalue weighted by atomic mass is 16.1. The van der Waals surface area contributed by atoms with Crippen LogP contribution < -0.4 is 0 Å². The van der Waals surface area contributed by atoms with Crippen LogP contribution in [0.25, 0.3) is 16.9 Å². The lowest BCUT2D eigenvalue weighted by Crippen LogP contribution is -2.09. The minimum atomic E-state index is -0.254. The Morgan fingerprint density at radius 3 is 1.85 bits per heavy atom. The molecule has 0 aliphatic heterocycles. The van der Waals surface area contributed by atoms with Crippen molar-refractivity contribution in [3.8, 4) is 16.9 Å². The predicted molar refractivity (Wildman–Crippen MR) is 128 cm³/mol. The van der Waals surface area contributed by atoms with Gasteiger partial charge in [-0.3, -0.25) is 14.4 Å². The van der Waals surface area contributed by atoms with E-state index in [1.165, 1.54) is 0 Å². The van der Waals surface area contributed by atoms with Crippen molar-refractivity contribution in [3.63, 3.8) is 0 Å². The van der Waals surface area contributed by atoms with E-state index in [1.807, 2.05) is 43.3 Å². The number of hydrogen-bond donors (Lipinski definition) is 0. The molecule has 33 heavy (non-hydrogen) atoms. The quantitative estimate of drug-likeness (QED) is 0.320. The minimum absolute atomic E-state index is 0.0482. The van der Waals surface area contributed by atoms with Gasteiger partial charge in [0.05, 0.1) is 16.9 Å². The molecule has 4 aromatic rings. The molecule has 0 aliphatic carbocycles. The van der Waals surface area contributed by atoms with E-state index in [9.17, 15) is 14.4 Å². The van der Waals surface area contributed by atoms with E-state index in [0.717, 1.165) is 5.56 Å². The average molecular weight is 437 g/mol. The summed E-state index contributed by atoms with van der Waals surface area (Å²) >= 11 is 0. The molecule has 0 bridgehead atoms. The lowest BCUT2D eigenvalue weighted by molar-refractivity contribution is 0.0967. The summed E-state index contributed by atoms with van der Waals surface area (Å²) in [5.74, 6) is -0.412. The molecule has 0 saturated heterocycles. The van der Waals surface area contributed by atoms with Crippen molar-refractivity contribution in [1.29, 1.82) is 0 Å². The summed E-state index contributed by atoms with van der Waals surface area (Å²) in [6, 6.07) is 25.4. The largest absolute Gasteiger partial charge is 0.294 e. The zero-order valence-electron chi connectivity index (χ0n) is 18.6. The van der Waals surface area contributed by atoms with Crippen LogP contribution in [-0.4, -0.2) is 27.1 Å². The number of nitrogens with zero attached hydrogens (tertiary/aromatic N) is 2. The minimum Gasteiger partial charge on any atom is -0.294 e. The topological polar surface area (TPSA) is 69.0 Å². The third-order valence-corrected chi connectivity index (χ3v) is 5.54. The normalized spacial score (nSPS) is 10.7. The number of Topliss-reactive ketones (excluding diaryl/α,β-unsaturated/α-hetero) is 2. The second-order valence-corrected chi connectivity index (χ2v) is 7.65. The highest BCUT2D eigenvalue weighted by molar-refractivity contribution is 6.18. The second-order valence-electron chi connectivity index (χ2n) is 7.65. The molecule has 0 fully saturated rings. The second kappa shape index (κ2) is 9.57. The van der Waals surface area contributed by atoms with E-state index >= 15 is 0 Å². The van der Waals surface area contributed by atoms with E-state index < -0.39 is 0 Å². The molecule has 1 heterocycles. The van der Waals surface area contributed by atoms with Gasteiger partial charge in [-0.15, -0.1) is 0 Å². The fraction of sp³-hybridized carbons (Fsp3) is 0.143. The van der Waals surface area contributed by atoms with Crippen LogP contribution in [0.2, 0.25) is 0 Å². The number of hydrogen-bond acceptors (Lipinski definition) is 4. The molecule has 0 radical (unpaired) electrons. The molecular weight excluding hydrogens is 412 g/mol. The molecule has 5 nitrogen and oxygen atoms in total. The molecule has 0 aliphatic rings. The van der Waals surface area contributed by atoms with Gasteiger partial charge in [-0.05, 0) is 24.3 Å². The Balaban J connectivity index is 1.99. The third kappa shape index (κ3) is 4.30. The number of ketones is 3. The molecular formula is C28H24N2O3. The van der Waals surface area contributed by atoms with Crippen LogP contribution in [0.15, 0.2) is 84.9 Å². The maximum absolute atomic E-state index is 13.7. The first-order valence-electron chi connectivity index (χ1n) is 11.0. The van der Waals surface area contributed by atoms with Crippen molar-refractivity contribution < 1.29 is 14.4 Å². The highest BCUT2D eigenvalue weighted by Gasteiger charge is 2.29. The van der Waals surface area contributed by atoms with Gasteiger partial charge in [0.15, 0.2) is 17.3 Å². The van der Waals surface area contributed by atoms with E-state index in [4.69, 9.17) is 0 Å². The van der Waals surface area contributed by atoms with E-state index in [1.54, 1.807) is 60.1 Å². The summed E-state index contributed by atoms with van der Waals surface area (Å²) in [5.41, 5.74) is 3.53. The van der Waals surface area contributed by atoms with E-state index in [-0.39, 0.29) is 35.0 Å². The molecule has 0 N–H and O–H groups in total. The van der Waals surface area contributed by atoms with E-state index in [0.29, 0.717) is 28.9 Å². The molecule has 0 atom stereocenters. The van der Waals surface area contributed by atoms with Crippen LogP contribution in [0.3, 0.4) is 0 Å². The van der Waals surface area contributed by atoms with E-state index in [2.05, 4.69) is 5.10 Å². The molecule has 164 valence electrons. The fourth-order valence-electron chi connectivity index (χ4n) is 3.77. The maximum atomic E-state index is 13.7. The van der Waals surface area contributed by atoms with Gasteiger partial charge in [0.2, 0.25) is 0 Å². The smallest absolute Gasteiger partial charge is 0.197 e. The molecule has 1 aromatic heterocycles. The summed E-state index contributed by atoms with van der Waals surface area (Å²) in [7, 11) is 0. The summed E-state index contributed by atoms with van der Waals surface area (Å²) in [4.78, 5) is 38.6. The van der Waals surface area contributed by atoms with Gasteiger partial charge in [-0.25, -0.2) is 4.68 Å². The number of carbonyl (C=O) groups is 3. The van der Waals surface area contributed by atoms with Crippen molar-refractivity contribution >= 4 is 17.3 Å². The molecule has 0 saturated carbocycles. The highest BCUT2D eigenvalue weighted by Crippen LogP contribution is 2.32. The van der Waals surface area contributed by atoms with Crippen molar-refractivity contribution in [2.45, 2.75) is 26.7 Å². The SMILES string of the molecule is CCC(=O)c1ccc(-n2nc(C(=O)CC)c(C(=O)c3ccccc3)c2-c2ccccc2)cc1. The van der Waals surface area contributed by atoms with Crippen molar-refractivity contribution in [2.75, 3.05) is 0 Å². The van der Waals surface area contributed by atoms with Gasteiger partial charge in [0, 0.05) is 29.5 Å². The summed E-state index contributed by atoms with van der Waals surface area (Å²) in [6.45, 7) is 3.58. The van der Waals surface area contributed by atoms with Crippen molar-refractivity contribution in [1.82, 2.24) is 9.78 Å². The third-order valence-electron chi connectivity index (χ3n) is 5.54. The monoisotopic (exact) mass is 436 g/mol. The van der Waals surface area contributed by atoms with Crippen molar-refractivity contribution in [2.24, 2.45) is 0 Å². The average Bonchev–Trinajstić information content (AvgIpc) is 3.29. The Morgan fingerprint density at radius 2 is 1.27 bits per heavy atom. The Morgan fingerprint density at radius 1 is 0.697 bits per heavy atom. The first-order chi connectivity index (χ1) is 16.0. The molecule has 5 heteroatoms. The van der Waals surface area contributed by atoms with Crippen LogP contribution in [0.4, 0.5) is 0 Å². The van der Waals surface area contributed by atoms with Crippen LogP contribution >= 0.6 is 0 Å². The Hall–Kier alpha value is -4.12. The van der Waals surface area contributed by atoms with Gasteiger partial charge in [0.1, 0.15) is 5.69 Å². The van der Waals surface area contributed by atoms with Crippen LogP contribution in [0.1, 0.15) is 63.5 Å². The van der Waals surface area contributed by atoms with Crippen LogP contribution in [0.5, 0.6) is 0 Å². The van der Waals surface area contributed by atoms with Gasteiger partial charge in [0.25, 0.3) is 0 Å². The summed E-state index contributed by atoms with van der Waals surface area (Å²) < 4.78 is 1.63. The van der Waals surface area contributed by atoms with Crippen LogP contribution in [-0.2, 0) is 0 Å². The molecule has 0 unspecified atom stereocenters.